The molecule has 1 amide bonds. The molecule has 0 spiro atoms. The van der Waals surface area contributed by atoms with Gasteiger partial charge in [-0.05, 0) is 38.0 Å². The lowest BCUT2D eigenvalue weighted by atomic mass is 10.0. The Hall–Kier alpha value is -3.09. The second-order valence-electron chi connectivity index (χ2n) is 6.77. The lowest BCUT2D eigenvalue weighted by Gasteiger charge is -2.13. The number of nitrogens with zero attached hydrogens (tertiary/aromatic N) is 3. The predicted octanol–water partition coefficient (Wildman–Crippen LogP) is 3.08. The normalized spacial score (nSPS) is 18.5. The molecule has 1 saturated carbocycles. The van der Waals surface area contributed by atoms with Crippen molar-refractivity contribution in [3.05, 3.63) is 52.7 Å². The number of hydrogen-bond donors (Lipinski definition) is 1. The number of anilines is 1. The Balaban J connectivity index is 1.81. The summed E-state index contributed by atoms with van der Waals surface area (Å²) in [5.41, 5.74) is 2.85. The standard InChI is InChI=1S/C20H19FN4O2/c1-3-25-17-8-18(24-19(26)14-7-16(14)21)23-9-12(17)6-13(20(25)27)15-10-22-5-4-11(15)2/h4-6,8-10,14,16H,3,7H2,1-2H3,(H,23,24,26)/t14-,16-/m1/s1. The summed E-state index contributed by atoms with van der Waals surface area (Å²) < 4.78 is 14.7. The highest BCUT2D eigenvalue weighted by atomic mass is 19.1. The van der Waals surface area contributed by atoms with Gasteiger partial charge in [0.15, 0.2) is 0 Å². The number of aryl methyl sites for hydroxylation is 2. The maximum absolute atomic E-state index is 13.1. The van der Waals surface area contributed by atoms with Crippen LogP contribution in [0.5, 0.6) is 0 Å². The molecule has 0 aliphatic heterocycles. The van der Waals surface area contributed by atoms with E-state index in [2.05, 4.69) is 15.3 Å². The number of alkyl halides is 1. The minimum atomic E-state index is -1.07. The third kappa shape index (κ3) is 3.09. The van der Waals surface area contributed by atoms with E-state index in [9.17, 15) is 14.0 Å². The molecule has 3 aromatic heterocycles. The number of fused-ring (bicyclic) bond motifs is 1. The Labute approximate surface area is 155 Å². The Morgan fingerprint density at radius 1 is 1.33 bits per heavy atom. The van der Waals surface area contributed by atoms with E-state index < -0.39 is 12.1 Å². The first-order chi connectivity index (χ1) is 13.0. The molecule has 0 bridgehead atoms. The minimum absolute atomic E-state index is 0.129. The van der Waals surface area contributed by atoms with Gasteiger partial charge in [-0.15, -0.1) is 0 Å². The second-order valence-corrected chi connectivity index (χ2v) is 6.77. The van der Waals surface area contributed by atoms with Gasteiger partial charge in [0.05, 0.1) is 11.4 Å². The number of aromatic nitrogens is 3. The number of carbonyl (C=O) groups excluding carboxylic acids is 1. The number of rotatable bonds is 4. The maximum Gasteiger partial charge on any atom is 0.258 e. The summed E-state index contributed by atoms with van der Waals surface area (Å²) in [5.74, 6) is -0.646. The summed E-state index contributed by atoms with van der Waals surface area (Å²) >= 11 is 0. The largest absolute Gasteiger partial charge is 0.310 e. The number of pyridine rings is 3. The average molecular weight is 366 g/mol. The summed E-state index contributed by atoms with van der Waals surface area (Å²) in [5, 5.41) is 3.42. The van der Waals surface area contributed by atoms with Crippen molar-refractivity contribution in [1.82, 2.24) is 14.5 Å². The van der Waals surface area contributed by atoms with Crippen LogP contribution >= 0.6 is 0 Å². The molecule has 1 aliphatic rings. The van der Waals surface area contributed by atoms with Crippen LogP contribution in [0.4, 0.5) is 10.2 Å². The van der Waals surface area contributed by atoms with E-state index >= 15 is 0 Å². The second kappa shape index (κ2) is 6.57. The van der Waals surface area contributed by atoms with Gasteiger partial charge in [-0.1, -0.05) is 0 Å². The zero-order valence-corrected chi connectivity index (χ0v) is 15.1. The van der Waals surface area contributed by atoms with Crippen molar-refractivity contribution >= 4 is 22.6 Å². The fraction of sp³-hybridized carbons (Fsp3) is 0.300. The Morgan fingerprint density at radius 3 is 2.78 bits per heavy atom. The van der Waals surface area contributed by atoms with Crippen LogP contribution in [0.15, 0.2) is 41.6 Å². The van der Waals surface area contributed by atoms with Crippen LogP contribution < -0.4 is 10.9 Å². The van der Waals surface area contributed by atoms with Gasteiger partial charge in [-0.3, -0.25) is 14.6 Å². The predicted molar refractivity (Wildman–Crippen MR) is 101 cm³/mol. The third-order valence-electron chi connectivity index (χ3n) is 4.92. The van der Waals surface area contributed by atoms with Crippen molar-refractivity contribution in [2.45, 2.75) is 33.0 Å². The van der Waals surface area contributed by atoms with Gasteiger partial charge in [0, 0.05) is 47.7 Å². The van der Waals surface area contributed by atoms with E-state index in [0.717, 1.165) is 16.5 Å². The first-order valence-corrected chi connectivity index (χ1v) is 8.89. The van der Waals surface area contributed by atoms with Crippen molar-refractivity contribution in [2.24, 2.45) is 5.92 Å². The van der Waals surface area contributed by atoms with Crippen LogP contribution in [0.3, 0.4) is 0 Å². The average Bonchev–Trinajstić information content (AvgIpc) is 3.39. The molecule has 4 rings (SSSR count). The lowest BCUT2D eigenvalue weighted by Crippen LogP contribution is -2.22. The number of amides is 1. The van der Waals surface area contributed by atoms with Crippen LogP contribution in [0.1, 0.15) is 18.9 Å². The highest BCUT2D eigenvalue weighted by molar-refractivity contribution is 5.95. The fourth-order valence-corrected chi connectivity index (χ4v) is 3.25. The molecule has 1 fully saturated rings. The molecule has 0 radical (unpaired) electrons. The van der Waals surface area contributed by atoms with Crippen LogP contribution in [-0.4, -0.2) is 26.6 Å². The Morgan fingerprint density at radius 2 is 2.11 bits per heavy atom. The van der Waals surface area contributed by atoms with E-state index in [1.807, 2.05) is 19.9 Å². The van der Waals surface area contributed by atoms with E-state index in [0.29, 0.717) is 23.4 Å². The van der Waals surface area contributed by atoms with E-state index in [4.69, 9.17) is 0 Å². The van der Waals surface area contributed by atoms with Crippen molar-refractivity contribution in [3.63, 3.8) is 0 Å². The van der Waals surface area contributed by atoms with Crippen molar-refractivity contribution in [3.8, 4) is 11.1 Å². The van der Waals surface area contributed by atoms with Gasteiger partial charge in [0.25, 0.3) is 5.56 Å². The van der Waals surface area contributed by atoms with Gasteiger partial charge in [-0.25, -0.2) is 9.37 Å². The maximum atomic E-state index is 13.1. The molecule has 6 nitrogen and oxygen atoms in total. The molecule has 0 saturated heterocycles. The first kappa shape index (κ1) is 17.3. The minimum Gasteiger partial charge on any atom is -0.310 e. The highest BCUT2D eigenvalue weighted by Crippen LogP contribution is 2.34. The van der Waals surface area contributed by atoms with Crippen molar-refractivity contribution in [1.29, 1.82) is 0 Å². The van der Waals surface area contributed by atoms with Crippen LogP contribution in [0.2, 0.25) is 0 Å². The smallest absolute Gasteiger partial charge is 0.258 e. The molecular formula is C20H19FN4O2. The van der Waals surface area contributed by atoms with Crippen LogP contribution in [-0.2, 0) is 11.3 Å². The molecule has 1 N–H and O–H groups in total. The lowest BCUT2D eigenvalue weighted by molar-refractivity contribution is -0.117. The van der Waals surface area contributed by atoms with Gasteiger partial charge in [0.2, 0.25) is 5.91 Å². The summed E-state index contributed by atoms with van der Waals surface area (Å²) in [6, 6.07) is 5.32. The van der Waals surface area contributed by atoms with Crippen molar-refractivity contribution in [2.75, 3.05) is 5.32 Å². The molecule has 27 heavy (non-hydrogen) atoms. The number of nitrogens with one attached hydrogen (secondary N) is 1. The van der Waals surface area contributed by atoms with E-state index in [-0.39, 0.29) is 17.9 Å². The molecule has 138 valence electrons. The molecule has 3 aromatic rings. The molecule has 0 aromatic carbocycles. The summed E-state index contributed by atoms with van der Waals surface area (Å²) in [6.07, 6.45) is 4.18. The highest BCUT2D eigenvalue weighted by Gasteiger charge is 2.43. The Kier molecular flexibility index (Phi) is 4.22. The number of carbonyl (C=O) groups is 1. The van der Waals surface area contributed by atoms with E-state index in [1.54, 1.807) is 35.3 Å². The number of hydrogen-bond acceptors (Lipinski definition) is 4. The van der Waals surface area contributed by atoms with Crippen LogP contribution in [0.25, 0.3) is 22.0 Å². The molecule has 3 heterocycles. The zero-order chi connectivity index (χ0) is 19.1. The quantitative estimate of drug-likeness (QED) is 0.770. The first-order valence-electron chi connectivity index (χ1n) is 8.89. The molecule has 0 unspecified atom stereocenters. The SMILES string of the molecule is CCn1c(=O)c(-c2cnccc2C)cc2cnc(NC(=O)[C@@H]3C[C@H]3F)cc21. The summed E-state index contributed by atoms with van der Waals surface area (Å²) in [6.45, 7) is 4.29. The van der Waals surface area contributed by atoms with E-state index in [1.165, 1.54) is 0 Å². The van der Waals surface area contributed by atoms with Crippen LogP contribution in [0, 0.1) is 12.8 Å². The molecule has 7 heteroatoms. The molecule has 2 atom stereocenters. The summed E-state index contributed by atoms with van der Waals surface area (Å²) in [7, 11) is 0. The summed E-state index contributed by atoms with van der Waals surface area (Å²) in [4.78, 5) is 33.4. The van der Waals surface area contributed by atoms with Gasteiger partial charge in [0.1, 0.15) is 12.0 Å². The third-order valence-corrected chi connectivity index (χ3v) is 4.92. The van der Waals surface area contributed by atoms with Gasteiger partial charge < -0.3 is 9.88 Å². The fourth-order valence-electron chi connectivity index (χ4n) is 3.25. The monoisotopic (exact) mass is 366 g/mol. The van der Waals surface area contributed by atoms with Gasteiger partial charge >= 0.3 is 0 Å². The number of halogens is 1. The molecule has 1 aliphatic carbocycles. The molecular weight excluding hydrogens is 347 g/mol. The topological polar surface area (TPSA) is 76.9 Å². The Bertz CT molecular complexity index is 1110. The van der Waals surface area contributed by atoms with Gasteiger partial charge in [-0.2, -0.15) is 0 Å². The van der Waals surface area contributed by atoms with Crippen molar-refractivity contribution < 1.29 is 9.18 Å². The zero-order valence-electron chi connectivity index (χ0n) is 15.1.